The number of aliphatic hydroxyl groups is 2. The molecule has 1 saturated heterocycles. The monoisotopic (exact) mass is 267 g/mol. The topological polar surface area (TPSA) is 43.7 Å². The Labute approximate surface area is 113 Å². The molecule has 2 atom stereocenters. The van der Waals surface area contributed by atoms with Gasteiger partial charge < -0.3 is 15.1 Å². The zero-order valence-corrected chi connectivity index (χ0v) is 11.5. The van der Waals surface area contributed by atoms with E-state index in [1.807, 2.05) is 11.8 Å². The summed E-state index contributed by atoms with van der Waals surface area (Å²) in [7, 11) is 0. The lowest BCUT2D eigenvalue weighted by Crippen LogP contribution is -2.38. The Morgan fingerprint density at radius 1 is 1.21 bits per heavy atom. The Balaban J connectivity index is 2.19. The summed E-state index contributed by atoms with van der Waals surface area (Å²) in [6.45, 7) is 4.90. The lowest BCUT2D eigenvalue weighted by molar-refractivity contribution is 0.109. The predicted molar refractivity (Wildman–Crippen MR) is 73.7 cm³/mol. The van der Waals surface area contributed by atoms with Gasteiger partial charge in [-0.1, -0.05) is 12.1 Å². The molecular weight excluding hydrogens is 245 g/mol. The normalized spacial score (nSPS) is 20.4. The van der Waals surface area contributed by atoms with Crippen molar-refractivity contribution in [1.82, 2.24) is 0 Å². The largest absolute Gasteiger partial charge is 0.393 e. The van der Waals surface area contributed by atoms with Crippen molar-refractivity contribution in [3.63, 3.8) is 0 Å². The van der Waals surface area contributed by atoms with Crippen molar-refractivity contribution in [3.05, 3.63) is 29.6 Å². The van der Waals surface area contributed by atoms with Crippen LogP contribution in [-0.4, -0.2) is 29.4 Å². The molecule has 1 fully saturated rings. The summed E-state index contributed by atoms with van der Waals surface area (Å²) in [4.78, 5) is 1.98. The molecule has 19 heavy (non-hydrogen) atoms. The minimum atomic E-state index is -0.680. The van der Waals surface area contributed by atoms with Crippen LogP contribution >= 0.6 is 0 Å². The van der Waals surface area contributed by atoms with Crippen molar-refractivity contribution < 1.29 is 14.6 Å². The van der Waals surface area contributed by atoms with Gasteiger partial charge in [0.2, 0.25) is 0 Å². The number of nitrogens with zero attached hydrogens (tertiary/aromatic N) is 1. The smallest absolute Gasteiger partial charge is 0.146 e. The summed E-state index contributed by atoms with van der Waals surface area (Å²) in [5.74, 6) is 0.00641. The van der Waals surface area contributed by atoms with Crippen LogP contribution in [0.25, 0.3) is 0 Å². The fourth-order valence-electron chi connectivity index (χ4n) is 2.81. The van der Waals surface area contributed by atoms with E-state index in [0.29, 0.717) is 11.3 Å². The zero-order chi connectivity index (χ0) is 14.0. The van der Waals surface area contributed by atoms with Gasteiger partial charge in [-0.3, -0.25) is 0 Å². The number of para-hydroxylation sites is 1. The summed E-state index contributed by atoms with van der Waals surface area (Å²) in [6, 6.07) is 4.83. The third kappa shape index (κ3) is 3.07. The number of aliphatic hydroxyl groups excluding tert-OH is 2. The van der Waals surface area contributed by atoms with E-state index in [1.165, 1.54) is 6.07 Å². The third-order valence-electron chi connectivity index (χ3n) is 4.01. The van der Waals surface area contributed by atoms with Gasteiger partial charge in [-0.25, -0.2) is 4.39 Å². The van der Waals surface area contributed by atoms with Gasteiger partial charge >= 0.3 is 0 Å². The van der Waals surface area contributed by atoms with Crippen LogP contribution in [0.2, 0.25) is 0 Å². The first-order valence-corrected chi connectivity index (χ1v) is 6.90. The first kappa shape index (κ1) is 14.3. The predicted octanol–water partition coefficient (Wildman–Crippen LogP) is 2.48. The van der Waals surface area contributed by atoms with Crippen molar-refractivity contribution >= 4 is 5.69 Å². The molecule has 0 saturated carbocycles. The van der Waals surface area contributed by atoms with Gasteiger partial charge in [-0.05, 0) is 38.7 Å². The van der Waals surface area contributed by atoms with Gasteiger partial charge in [0.05, 0.1) is 17.9 Å². The molecule has 2 rings (SSSR count). The van der Waals surface area contributed by atoms with Crippen LogP contribution in [-0.2, 0) is 0 Å². The standard InChI is InChI=1S/C15H22FNO2/c1-10(18)12-6-8-17(9-7-12)15-13(11(2)19)4-3-5-14(15)16/h3-5,10-12,18-19H,6-9H2,1-2H3/t10?,11-/m1/s1. The molecule has 1 heterocycles. The molecule has 1 aliphatic heterocycles. The van der Waals surface area contributed by atoms with Crippen molar-refractivity contribution in [2.45, 2.75) is 38.9 Å². The van der Waals surface area contributed by atoms with E-state index in [9.17, 15) is 14.6 Å². The van der Waals surface area contributed by atoms with E-state index in [-0.39, 0.29) is 17.8 Å². The Bertz CT molecular complexity index is 426. The van der Waals surface area contributed by atoms with Gasteiger partial charge in [0.1, 0.15) is 5.82 Å². The van der Waals surface area contributed by atoms with Gasteiger partial charge in [-0.2, -0.15) is 0 Å². The number of anilines is 1. The summed E-state index contributed by atoms with van der Waals surface area (Å²) >= 11 is 0. The first-order chi connectivity index (χ1) is 9.00. The van der Waals surface area contributed by atoms with E-state index in [0.717, 1.165) is 25.9 Å². The van der Waals surface area contributed by atoms with Crippen LogP contribution in [0.3, 0.4) is 0 Å². The fourth-order valence-corrected chi connectivity index (χ4v) is 2.81. The molecule has 3 nitrogen and oxygen atoms in total. The quantitative estimate of drug-likeness (QED) is 0.884. The van der Waals surface area contributed by atoms with Crippen LogP contribution in [0.15, 0.2) is 18.2 Å². The highest BCUT2D eigenvalue weighted by Gasteiger charge is 2.26. The van der Waals surface area contributed by atoms with Gasteiger partial charge in [0.25, 0.3) is 0 Å². The minimum Gasteiger partial charge on any atom is -0.393 e. The lowest BCUT2D eigenvalue weighted by atomic mass is 9.91. The summed E-state index contributed by atoms with van der Waals surface area (Å²) in [6.07, 6.45) is 0.718. The van der Waals surface area contributed by atoms with Crippen LogP contribution in [0.4, 0.5) is 10.1 Å². The van der Waals surface area contributed by atoms with Crippen LogP contribution in [0.5, 0.6) is 0 Å². The highest BCUT2D eigenvalue weighted by molar-refractivity contribution is 5.56. The molecule has 0 amide bonds. The molecule has 4 heteroatoms. The van der Waals surface area contributed by atoms with Gasteiger partial charge in [0, 0.05) is 18.7 Å². The Kier molecular flexibility index (Phi) is 4.42. The maximum absolute atomic E-state index is 14.0. The molecule has 1 aromatic rings. The molecule has 0 bridgehead atoms. The second-order valence-corrected chi connectivity index (χ2v) is 5.42. The average molecular weight is 267 g/mol. The van der Waals surface area contributed by atoms with Crippen LogP contribution in [0, 0.1) is 11.7 Å². The molecule has 1 aromatic carbocycles. The number of rotatable bonds is 3. The highest BCUT2D eigenvalue weighted by Crippen LogP contribution is 2.32. The van der Waals surface area contributed by atoms with Gasteiger partial charge in [0.15, 0.2) is 0 Å². The van der Waals surface area contributed by atoms with Crippen LogP contribution < -0.4 is 4.90 Å². The molecular formula is C15H22FNO2. The second-order valence-electron chi connectivity index (χ2n) is 5.42. The third-order valence-corrected chi connectivity index (χ3v) is 4.01. The summed E-state index contributed by atoms with van der Waals surface area (Å²) in [5, 5.41) is 19.4. The first-order valence-electron chi connectivity index (χ1n) is 6.90. The highest BCUT2D eigenvalue weighted by atomic mass is 19.1. The molecule has 106 valence electrons. The zero-order valence-electron chi connectivity index (χ0n) is 11.5. The molecule has 1 unspecified atom stereocenters. The Morgan fingerprint density at radius 3 is 2.37 bits per heavy atom. The number of hydrogen-bond donors (Lipinski definition) is 2. The Hall–Kier alpha value is -1.13. The minimum absolute atomic E-state index is 0.283. The molecule has 1 aliphatic rings. The maximum Gasteiger partial charge on any atom is 0.146 e. The van der Waals surface area contributed by atoms with Crippen LogP contribution in [0.1, 0.15) is 38.4 Å². The SMILES string of the molecule is CC(O)C1CCN(c2c(F)cccc2[C@@H](C)O)CC1. The van der Waals surface area contributed by atoms with Gasteiger partial charge in [-0.15, -0.1) is 0 Å². The molecule has 0 aliphatic carbocycles. The van der Waals surface area contributed by atoms with E-state index in [2.05, 4.69) is 0 Å². The average Bonchev–Trinajstić information content (AvgIpc) is 2.38. The van der Waals surface area contributed by atoms with E-state index in [4.69, 9.17) is 0 Å². The number of piperidine rings is 1. The fraction of sp³-hybridized carbons (Fsp3) is 0.600. The molecule has 0 spiro atoms. The van der Waals surface area contributed by atoms with E-state index in [1.54, 1.807) is 19.1 Å². The lowest BCUT2D eigenvalue weighted by Gasteiger charge is -2.36. The maximum atomic E-state index is 14.0. The van der Waals surface area contributed by atoms with Crippen molar-refractivity contribution in [2.24, 2.45) is 5.92 Å². The number of hydrogen-bond acceptors (Lipinski definition) is 3. The Morgan fingerprint density at radius 2 is 1.84 bits per heavy atom. The van der Waals surface area contributed by atoms with E-state index < -0.39 is 6.10 Å². The number of halogens is 1. The second kappa shape index (κ2) is 5.88. The summed E-state index contributed by atoms with van der Waals surface area (Å²) in [5.41, 5.74) is 1.15. The van der Waals surface area contributed by atoms with E-state index >= 15 is 0 Å². The molecule has 0 radical (unpaired) electrons. The van der Waals surface area contributed by atoms with Crippen molar-refractivity contribution in [3.8, 4) is 0 Å². The molecule has 2 N–H and O–H groups in total. The van der Waals surface area contributed by atoms with Crippen molar-refractivity contribution in [1.29, 1.82) is 0 Å². The summed E-state index contributed by atoms with van der Waals surface area (Å²) < 4.78 is 14.0. The van der Waals surface area contributed by atoms with Crippen molar-refractivity contribution in [2.75, 3.05) is 18.0 Å². The number of benzene rings is 1. The molecule has 0 aromatic heterocycles.